The third-order valence-corrected chi connectivity index (χ3v) is 6.79. The highest BCUT2D eigenvalue weighted by atomic mass is 16.6. The van der Waals surface area contributed by atoms with Crippen LogP contribution >= 0.6 is 0 Å². The van der Waals surface area contributed by atoms with E-state index in [1.807, 2.05) is 0 Å². The monoisotopic (exact) mass is 599 g/mol. The summed E-state index contributed by atoms with van der Waals surface area (Å²) in [6.07, 6.45) is -1.61. The molecule has 14 nitrogen and oxygen atoms in total. The lowest BCUT2D eigenvalue weighted by molar-refractivity contribution is -0.155. The summed E-state index contributed by atoms with van der Waals surface area (Å²) < 4.78 is 10.5. The van der Waals surface area contributed by atoms with Gasteiger partial charge in [-0.3, -0.25) is 29.0 Å². The summed E-state index contributed by atoms with van der Waals surface area (Å²) in [6, 6.07) is 4.35. The Morgan fingerprint density at radius 1 is 1.00 bits per heavy atom. The first-order valence-electron chi connectivity index (χ1n) is 13.8. The van der Waals surface area contributed by atoms with Crippen LogP contribution < -0.4 is 11.5 Å². The number of nitrogens with zero attached hydrogens (tertiary/aromatic N) is 3. The fourth-order valence-electron chi connectivity index (χ4n) is 5.05. The summed E-state index contributed by atoms with van der Waals surface area (Å²) in [6.45, 7) is 7.60. The molecular formula is C29H37N5O9. The lowest BCUT2D eigenvalue weighted by Gasteiger charge is -2.36. The van der Waals surface area contributed by atoms with Crippen LogP contribution in [0, 0.1) is 0 Å². The van der Waals surface area contributed by atoms with Crippen LogP contribution in [-0.4, -0.2) is 94.0 Å². The number of amides is 4. The fraction of sp³-hybridized carbons (Fsp3) is 0.483. The smallest absolute Gasteiger partial charge is 0.409 e. The van der Waals surface area contributed by atoms with Crippen LogP contribution in [0.25, 0.3) is 10.9 Å². The molecule has 1 aliphatic rings. The van der Waals surface area contributed by atoms with E-state index in [1.54, 1.807) is 27.7 Å². The van der Waals surface area contributed by atoms with Crippen molar-refractivity contribution in [3.63, 3.8) is 0 Å². The van der Waals surface area contributed by atoms with Crippen LogP contribution in [0.15, 0.2) is 18.2 Å². The van der Waals surface area contributed by atoms with Gasteiger partial charge in [0.05, 0.1) is 35.7 Å². The third kappa shape index (κ3) is 7.96. The molecule has 5 N–H and O–H groups in total. The van der Waals surface area contributed by atoms with Gasteiger partial charge in [-0.2, -0.15) is 0 Å². The van der Waals surface area contributed by atoms with Crippen molar-refractivity contribution in [2.45, 2.75) is 58.5 Å². The zero-order valence-electron chi connectivity index (χ0n) is 24.7. The maximum absolute atomic E-state index is 14.1. The molecule has 1 saturated heterocycles. The Morgan fingerprint density at radius 2 is 1.63 bits per heavy atom. The maximum atomic E-state index is 14.1. The second kappa shape index (κ2) is 13.5. The molecule has 0 radical (unpaired) electrons. The van der Waals surface area contributed by atoms with Gasteiger partial charge in [0.25, 0.3) is 5.91 Å². The fourth-order valence-corrected chi connectivity index (χ4v) is 5.05. The predicted octanol–water partition coefficient (Wildman–Crippen LogP) is 1.57. The number of benzene rings is 1. The van der Waals surface area contributed by atoms with Crippen molar-refractivity contribution in [2.24, 2.45) is 11.5 Å². The summed E-state index contributed by atoms with van der Waals surface area (Å²) in [5.74, 6) is -5.60. The Bertz CT molecular complexity index is 1440. The molecule has 1 aromatic carbocycles. The number of ether oxygens (including phenoxy) is 2. The zero-order chi connectivity index (χ0) is 32.1. The number of primary amides is 2. The van der Waals surface area contributed by atoms with E-state index in [0.29, 0.717) is 0 Å². The molecule has 1 fully saturated rings. The molecule has 14 heteroatoms. The van der Waals surface area contributed by atoms with Gasteiger partial charge in [-0.25, -0.2) is 4.79 Å². The van der Waals surface area contributed by atoms with Crippen molar-refractivity contribution in [3.8, 4) is 0 Å². The van der Waals surface area contributed by atoms with Crippen molar-refractivity contribution in [1.29, 1.82) is 0 Å². The molecule has 4 amide bonds. The molecule has 1 aliphatic heterocycles. The van der Waals surface area contributed by atoms with Gasteiger partial charge in [-0.15, -0.1) is 0 Å². The van der Waals surface area contributed by atoms with Crippen molar-refractivity contribution >= 4 is 46.7 Å². The average molecular weight is 600 g/mol. The second-order valence-electron chi connectivity index (χ2n) is 11.0. The molecule has 0 bridgehead atoms. The van der Waals surface area contributed by atoms with E-state index in [9.17, 15) is 33.9 Å². The number of carboxylic acids is 1. The normalized spacial score (nSPS) is 14.2. The minimum Gasteiger partial charge on any atom is -0.481 e. The Labute approximate surface area is 248 Å². The number of aromatic nitrogens is 1. The van der Waals surface area contributed by atoms with Crippen molar-refractivity contribution < 1.29 is 43.3 Å². The Kier molecular flexibility index (Phi) is 10.3. The highest BCUT2D eigenvalue weighted by molar-refractivity contribution is 6.11. The highest BCUT2D eigenvalue weighted by Gasteiger charge is 2.36. The topological polar surface area (TPSA) is 213 Å². The van der Waals surface area contributed by atoms with Crippen molar-refractivity contribution in [3.05, 3.63) is 40.6 Å². The molecule has 2 heterocycles. The quantitative estimate of drug-likeness (QED) is 0.335. The predicted molar refractivity (Wildman–Crippen MR) is 153 cm³/mol. The van der Waals surface area contributed by atoms with Crippen molar-refractivity contribution in [2.75, 3.05) is 32.8 Å². The summed E-state index contributed by atoms with van der Waals surface area (Å²) >= 11 is 0. The number of aliphatic carboxylic acids is 1. The van der Waals surface area contributed by atoms with Crippen LogP contribution in [0.5, 0.6) is 0 Å². The largest absolute Gasteiger partial charge is 0.481 e. The number of pyridine rings is 1. The van der Waals surface area contributed by atoms with Gasteiger partial charge >= 0.3 is 18.0 Å². The summed E-state index contributed by atoms with van der Waals surface area (Å²) in [5.41, 5.74) is 10.0. The lowest BCUT2D eigenvalue weighted by Crippen LogP contribution is -2.52. The second-order valence-corrected chi connectivity index (χ2v) is 11.0. The van der Waals surface area contributed by atoms with E-state index < -0.39 is 53.7 Å². The molecule has 1 atom stereocenters. The van der Waals surface area contributed by atoms with Gasteiger partial charge in [0.15, 0.2) is 0 Å². The van der Waals surface area contributed by atoms with Crippen LogP contribution in [0.2, 0.25) is 0 Å². The zero-order valence-corrected chi connectivity index (χ0v) is 24.7. The Morgan fingerprint density at radius 3 is 2.16 bits per heavy atom. The molecular weight excluding hydrogens is 562 g/mol. The number of nitrogens with two attached hydrogens (primary N) is 2. The van der Waals surface area contributed by atoms with Gasteiger partial charge in [-0.1, -0.05) is 6.07 Å². The molecule has 0 spiro atoms. The van der Waals surface area contributed by atoms with E-state index in [2.05, 4.69) is 4.98 Å². The molecule has 232 valence electrons. The Hall–Kier alpha value is -4.75. The minimum absolute atomic E-state index is 0.0383. The van der Waals surface area contributed by atoms with Gasteiger partial charge in [-0.05, 0) is 51.8 Å². The van der Waals surface area contributed by atoms with E-state index in [1.165, 1.54) is 28.0 Å². The SMILES string of the molecule is CCOC(=O)N1CCN(C(=O)C(CCC(=O)OC(C)(C)C)c2nc3cccc(C(N)=O)c3c(CC(=O)O)c2C(N)=O)CC1. The van der Waals surface area contributed by atoms with E-state index in [4.69, 9.17) is 20.9 Å². The molecule has 0 saturated carbocycles. The van der Waals surface area contributed by atoms with Crippen molar-refractivity contribution in [1.82, 2.24) is 14.8 Å². The number of piperazine rings is 1. The standard InChI is InChI=1S/C29H37N5O9/c1-5-42-28(41)34-13-11-33(12-14-34)27(40)17(9-10-21(37)43-29(2,3)4)24-23(26(31)39)18(15-20(35)36)22-16(25(30)38)7-6-8-19(22)32-24/h6-8,17H,5,9-15H2,1-4H3,(H2,30,38)(H2,31,39)(H,35,36). The number of esters is 1. The number of fused-ring (bicyclic) bond motifs is 1. The first kappa shape index (κ1) is 32.8. The van der Waals surface area contributed by atoms with Crippen LogP contribution in [0.3, 0.4) is 0 Å². The van der Waals surface area contributed by atoms with E-state index in [-0.39, 0.29) is 78.9 Å². The molecule has 0 aliphatic carbocycles. The number of rotatable bonds is 10. The van der Waals surface area contributed by atoms with Crippen LogP contribution in [0.1, 0.15) is 78.4 Å². The van der Waals surface area contributed by atoms with Gasteiger partial charge in [0.2, 0.25) is 11.8 Å². The number of hydrogen-bond donors (Lipinski definition) is 3. The van der Waals surface area contributed by atoms with Gasteiger partial charge in [0.1, 0.15) is 5.60 Å². The average Bonchev–Trinajstić information content (AvgIpc) is 2.91. The first-order chi connectivity index (χ1) is 20.1. The van der Waals surface area contributed by atoms with Gasteiger partial charge < -0.3 is 35.8 Å². The number of carbonyl (C=O) groups excluding carboxylic acids is 5. The number of carbonyl (C=O) groups is 6. The Balaban J connectivity index is 2.16. The highest BCUT2D eigenvalue weighted by Crippen LogP contribution is 2.34. The van der Waals surface area contributed by atoms with Gasteiger partial charge in [0, 0.05) is 43.5 Å². The summed E-state index contributed by atoms with van der Waals surface area (Å²) in [4.78, 5) is 83.6. The molecule has 1 aromatic heterocycles. The van der Waals surface area contributed by atoms with E-state index >= 15 is 0 Å². The first-order valence-corrected chi connectivity index (χ1v) is 13.8. The maximum Gasteiger partial charge on any atom is 0.409 e. The summed E-state index contributed by atoms with van der Waals surface area (Å²) in [7, 11) is 0. The number of carboxylic acid groups (broad SMARTS) is 1. The van der Waals surface area contributed by atoms with Crippen LogP contribution in [0.4, 0.5) is 4.79 Å². The molecule has 2 aromatic rings. The third-order valence-electron chi connectivity index (χ3n) is 6.79. The minimum atomic E-state index is -1.33. The van der Waals surface area contributed by atoms with E-state index in [0.717, 1.165) is 0 Å². The number of hydrogen-bond acceptors (Lipinski definition) is 9. The lowest BCUT2D eigenvalue weighted by atomic mass is 9.87. The summed E-state index contributed by atoms with van der Waals surface area (Å²) in [5, 5.41) is 9.77. The van der Waals surface area contributed by atoms with Crippen LogP contribution in [-0.2, 0) is 30.3 Å². The molecule has 43 heavy (non-hydrogen) atoms. The molecule has 1 unspecified atom stereocenters. The molecule has 3 rings (SSSR count).